The predicted octanol–water partition coefficient (Wildman–Crippen LogP) is 1.17. The summed E-state index contributed by atoms with van der Waals surface area (Å²) in [5, 5.41) is 4.48. The third-order valence-electron chi connectivity index (χ3n) is 4.98. The van der Waals surface area contributed by atoms with Crippen molar-refractivity contribution in [2.45, 2.75) is 45.2 Å². The lowest BCUT2D eigenvalue weighted by atomic mass is 9.85. The monoisotopic (exact) mass is 317 g/mol. The smallest absolute Gasteiger partial charge is 0.264 e. The summed E-state index contributed by atoms with van der Waals surface area (Å²) in [6.45, 7) is 2.22. The van der Waals surface area contributed by atoms with Crippen LogP contribution in [0.2, 0.25) is 0 Å². The zero-order valence-electron chi connectivity index (χ0n) is 13.9. The Bertz CT molecular complexity index is 778. The van der Waals surface area contributed by atoms with Crippen molar-refractivity contribution in [1.82, 2.24) is 24.2 Å². The first-order valence-corrected chi connectivity index (χ1v) is 8.12. The number of carbonyl (C=O) groups excluding carboxylic acids is 1. The largest absolute Gasteiger partial charge is 0.341 e. The summed E-state index contributed by atoms with van der Waals surface area (Å²) >= 11 is 0. The first-order valence-electron chi connectivity index (χ1n) is 8.12. The molecule has 1 saturated carbocycles. The standard InChI is InChI=1S/C16H23N5O2/c1-11-6-4-5-7-13(11)19(2)14(22)9-21-10-17-15-12(16(21)23)8-18-20(15)3/h8,10-11,13H,4-7,9H2,1-3H3. The average molecular weight is 317 g/mol. The molecule has 0 radical (unpaired) electrons. The summed E-state index contributed by atoms with van der Waals surface area (Å²) in [5.41, 5.74) is 0.314. The number of hydrogen-bond donors (Lipinski definition) is 0. The number of amides is 1. The number of likely N-dealkylation sites (N-methyl/N-ethyl adjacent to an activating group) is 1. The first-order chi connectivity index (χ1) is 11.0. The minimum Gasteiger partial charge on any atom is -0.341 e. The van der Waals surface area contributed by atoms with Crippen LogP contribution in [0.4, 0.5) is 0 Å². The molecule has 1 aliphatic carbocycles. The van der Waals surface area contributed by atoms with E-state index in [9.17, 15) is 9.59 Å². The molecule has 3 rings (SSSR count). The van der Waals surface area contributed by atoms with E-state index in [-0.39, 0.29) is 24.1 Å². The Morgan fingerprint density at radius 1 is 1.39 bits per heavy atom. The minimum atomic E-state index is -0.221. The van der Waals surface area contributed by atoms with E-state index in [1.807, 2.05) is 11.9 Å². The molecule has 2 heterocycles. The third kappa shape index (κ3) is 2.87. The molecule has 7 nitrogen and oxygen atoms in total. The zero-order valence-corrected chi connectivity index (χ0v) is 13.9. The number of carbonyl (C=O) groups is 1. The highest BCUT2D eigenvalue weighted by atomic mass is 16.2. The third-order valence-corrected chi connectivity index (χ3v) is 4.98. The lowest BCUT2D eigenvalue weighted by Gasteiger charge is -2.36. The van der Waals surface area contributed by atoms with Crippen molar-refractivity contribution in [1.29, 1.82) is 0 Å². The van der Waals surface area contributed by atoms with Crippen LogP contribution in [-0.2, 0) is 18.4 Å². The van der Waals surface area contributed by atoms with Crippen molar-refractivity contribution >= 4 is 16.9 Å². The molecule has 2 aromatic rings. The number of aryl methyl sites for hydroxylation is 1. The molecule has 2 atom stereocenters. The number of aromatic nitrogens is 4. The molecule has 1 amide bonds. The van der Waals surface area contributed by atoms with Crippen molar-refractivity contribution < 1.29 is 4.79 Å². The van der Waals surface area contributed by atoms with Gasteiger partial charge in [0.25, 0.3) is 5.56 Å². The van der Waals surface area contributed by atoms with Crippen molar-refractivity contribution in [2.75, 3.05) is 7.05 Å². The highest BCUT2D eigenvalue weighted by Gasteiger charge is 2.28. The second kappa shape index (κ2) is 6.14. The van der Waals surface area contributed by atoms with Crippen LogP contribution < -0.4 is 5.56 Å². The van der Waals surface area contributed by atoms with Crippen LogP contribution in [0.15, 0.2) is 17.3 Å². The van der Waals surface area contributed by atoms with Gasteiger partial charge in [0.15, 0.2) is 5.65 Å². The molecule has 0 bridgehead atoms. The molecule has 0 N–H and O–H groups in total. The molecule has 2 aromatic heterocycles. The lowest BCUT2D eigenvalue weighted by molar-refractivity contribution is -0.134. The van der Waals surface area contributed by atoms with Gasteiger partial charge in [0.2, 0.25) is 5.91 Å². The van der Waals surface area contributed by atoms with Crippen molar-refractivity contribution in [3.05, 3.63) is 22.9 Å². The highest BCUT2D eigenvalue weighted by Crippen LogP contribution is 2.27. The number of fused-ring (bicyclic) bond motifs is 1. The number of hydrogen-bond acceptors (Lipinski definition) is 4. The van der Waals surface area contributed by atoms with E-state index in [0.29, 0.717) is 17.0 Å². The van der Waals surface area contributed by atoms with Gasteiger partial charge in [-0.05, 0) is 18.8 Å². The van der Waals surface area contributed by atoms with Crippen LogP contribution in [0.25, 0.3) is 11.0 Å². The fourth-order valence-electron chi connectivity index (χ4n) is 3.49. The first kappa shape index (κ1) is 15.7. The van der Waals surface area contributed by atoms with Crippen molar-refractivity contribution in [3.8, 4) is 0 Å². The Morgan fingerprint density at radius 2 is 2.13 bits per heavy atom. The molecule has 1 aliphatic rings. The molecule has 0 spiro atoms. The van der Waals surface area contributed by atoms with Crippen LogP contribution >= 0.6 is 0 Å². The molecule has 0 saturated heterocycles. The Hall–Kier alpha value is -2.18. The Labute approximate surface area is 134 Å². The van der Waals surface area contributed by atoms with E-state index in [2.05, 4.69) is 17.0 Å². The minimum absolute atomic E-state index is 0.0242. The van der Waals surface area contributed by atoms with Crippen LogP contribution in [0.5, 0.6) is 0 Å². The van der Waals surface area contributed by atoms with Gasteiger partial charge in [-0.15, -0.1) is 0 Å². The van der Waals surface area contributed by atoms with Gasteiger partial charge in [0, 0.05) is 20.1 Å². The van der Waals surface area contributed by atoms with E-state index in [1.165, 1.54) is 23.5 Å². The Balaban J connectivity index is 1.80. The maximum Gasteiger partial charge on any atom is 0.264 e. The summed E-state index contributed by atoms with van der Waals surface area (Å²) in [6.07, 6.45) is 7.53. The lowest BCUT2D eigenvalue weighted by Crippen LogP contribution is -2.44. The molecule has 0 aromatic carbocycles. The normalized spacial score (nSPS) is 21.5. The maximum absolute atomic E-state index is 12.6. The number of nitrogens with zero attached hydrogens (tertiary/aromatic N) is 5. The fraction of sp³-hybridized carbons (Fsp3) is 0.625. The summed E-state index contributed by atoms with van der Waals surface area (Å²) in [5.74, 6) is 0.462. The molecule has 23 heavy (non-hydrogen) atoms. The van der Waals surface area contributed by atoms with Gasteiger partial charge in [-0.3, -0.25) is 18.8 Å². The van der Waals surface area contributed by atoms with E-state index < -0.39 is 0 Å². The molecular formula is C16H23N5O2. The second-order valence-electron chi connectivity index (χ2n) is 6.52. The van der Waals surface area contributed by atoms with Crippen LogP contribution in [0, 0.1) is 5.92 Å². The van der Waals surface area contributed by atoms with Crippen LogP contribution in [0.1, 0.15) is 32.6 Å². The molecule has 0 aliphatic heterocycles. The zero-order chi connectivity index (χ0) is 16.6. The van der Waals surface area contributed by atoms with Crippen LogP contribution in [-0.4, -0.2) is 43.2 Å². The summed E-state index contributed by atoms with van der Waals surface area (Å²) in [6, 6.07) is 0.266. The fourth-order valence-corrected chi connectivity index (χ4v) is 3.49. The second-order valence-corrected chi connectivity index (χ2v) is 6.52. The van der Waals surface area contributed by atoms with E-state index in [0.717, 1.165) is 19.3 Å². The summed E-state index contributed by atoms with van der Waals surface area (Å²) < 4.78 is 2.93. The number of rotatable bonds is 3. The van der Waals surface area contributed by atoms with Gasteiger partial charge in [-0.25, -0.2) is 4.98 Å². The van der Waals surface area contributed by atoms with Gasteiger partial charge in [-0.1, -0.05) is 19.8 Å². The SMILES string of the molecule is CC1CCCCC1N(C)C(=O)Cn1cnc2c(cnn2C)c1=O. The molecule has 124 valence electrons. The van der Waals surface area contributed by atoms with Gasteiger partial charge in [-0.2, -0.15) is 5.10 Å². The van der Waals surface area contributed by atoms with Crippen molar-refractivity contribution in [2.24, 2.45) is 13.0 Å². The molecule has 2 unspecified atom stereocenters. The van der Waals surface area contributed by atoms with E-state index >= 15 is 0 Å². The van der Waals surface area contributed by atoms with E-state index in [1.54, 1.807) is 11.7 Å². The Kier molecular flexibility index (Phi) is 4.19. The van der Waals surface area contributed by atoms with Gasteiger partial charge in [0.1, 0.15) is 18.3 Å². The Morgan fingerprint density at radius 3 is 2.87 bits per heavy atom. The maximum atomic E-state index is 12.6. The summed E-state index contributed by atoms with van der Waals surface area (Å²) in [4.78, 5) is 31.1. The van der Waals surface area contributed by atoms with Crippen LogP contribution in [0.3, 0.4) is 0 Å². The molecular weight excluding hydrogens is 294 g/mol. The predicted molar refractivity (Wildman–Crippen MR) is 87.0 cm³/mol. The van der Waals surface area contributed by atoms with Gasteiger partial charge < -0.3 is 4.90 Å². The van der Waals surface area contributed by atoms with E-state index in [4.69, 9.17) is 0 Å². The highest BCUT2D eigenvalue weighted by molar-refractivity contribution is 5.77. The van der Waals surface area contributed by atoms with Crippen molar-refractivity contribution in [3.63, 3.8) is 0 Å². The molecule has 1 fully saturated rings. The molecule has 7 heteroatoms. The topological polar surface area (TPSA) is 73.0 Å². The van der Waals surface area contributed by atoms with Gasteiger partial charge in [0.05, 0.1) is 6.20 Å². The summed E-state index contributed by atoms with van der Waals surface area (Å²) in [7, 11) is 3.58. The average Bonchev–Trinajstić information content (AvgIpc) is 2.92. The van der Waals surface area contributed by atoms with Gasteiger partial charge >= 0.3 is 0 Å². The quantitative estimate of drug-likeness (QED) is 0.852.